The smallest absolute Gasteiger partial charge is 0.290 e. The number of ether oxygens (including phenoxy) is 1. The lowest BCUT2D eigenvalue weighted by atomic mass is 10.2. The van der Waals surface area contributed by atoms with Crippen molar-refractivity contribution in [1.29, 1.82) is 0 Å². The van der Waals surface area contributed by atoms with E-state index in [1.807, 2.05) is 25.1 Å². The van der Waals surface area contributed by atoms with E-state index in [9.17, 15) is 18.0 Å². The third-order valence-corrected chi connectivity index (χ3v) is 7.39. The summed E-state index contributed by atoms with van der Waals surface area (Å²) < 4.78 is 33.8. The van der Waals surface area contributed by atoms with Crippen molar-refractivity contribution in [2.75, 3.05) is 20.2 Å². The summed E-state index contributed by atoms with van der Waals surface area (Å²) in [6, 6.07) is 12.8. The number of aromatic nitrogens is 2. The number of carbonyl (C=O) groups is 2. The minimum absolute atomic E-state index is 0.0409. The minimum Gasteiger partial charge on any atom is -0.494 e. The molecule has 1 fully saturated rings. The summed E-state index contributed by atoms with van der Waals surface area (Å²) in [5, 5.41) is 4.26. The van der Waals surface area contributed by atoms with E-state index in [2.05, 4.69) is 16.0 Å². The van der Waals surface area contributed by atoms with Crippen molar-refractivity contribution in [3.63, 3.8) is 0 Å². The maximum Gasteiger partial charge on any atom is 0.290 e. The molecule has 1 aliphatic rings. The van der Waals surface area contributed by atoms with Crippen LogP contribution in [0.1, 0.15) is 39.3 Å². The Bertz CT molecular complexity index is 1330. The molecule has 2 heterocycles. The largest absolute Gasteiger partial charge is 0.494 e. The van der Waals surface area contributed by atoms with Crippen LogP contribution < -0.4 is 15.6 Å². The fourth-order valence-electron chi connectivity index (χ4n) is 3.68. The molecule has 11 heteroatoms. The molecule has 34 heavy (non-hydrogen) atoms. The highest BCUT2D eigenvalue weighted by atomic mass is 32.2. The quantitative estimate of drug-likeness (QED) is 0.518. The van der Waals surface area contributed by atoms with E-state index < -0.39 is 21.8 Å². The Morgan fingerprint density at radius 3 is 2.47 bits per heavy atom. The van der Waals surface area contributed by atoms with Crippen molar-refractivity contribution in [3.05, 3.63) is 71.5 Å². The molecule has 0 atom stereocenters. The van der Waals surface area contributed by atoms with E-state index in [4.69, 9.17) is 4.74 Å². The number of nitrogens with one attached hydrogen (secondary N) is 2. The molecule has 0 unspecified atom stereocenters. The Kier molecular flexibility index (Phi) is 6.66. The summed E-state index contributed by atoms with van der Waals surface area (Å²) in [6.45, 7) is 2.87. The van der Waals surface area contributed by atoms with E-state index in [0.717, 1.165) is 18.4 Å². The maximum atomic E-state index is 12.8. The van der Waals surface area contributed by atoms with Crippen molar-refractivity contribution >= 4 is 21.8 Å². The second-order valence-corrected chi connectivity index (χ2v) is 9.81. The van der Waals surface area contributed by atoms with Crippen LogP contribution in [0, 0.1) is 6.92 Å². The number of amides is 2. The molecule has 1 saturated heterocycles. The second-order valence-electron chi connectivity index (χ2n) is 7.87. The highest BCUT2D eigenvalue weighted by Crippen LogP contribution is 2.24. The van der Waals surface area contributed by atoms with Crippen LogP contribution in [-0.2, 0) is 10.0 Å². The lowest BCUT2D eigenvalue weighted by Gasteiger charge is -2.16. The number of hydrogen-bond donors (Lipinski definition) is 2. The zero-order chi connectivity index (χ0) is 24.3. The maximum absolute atomic E-state index is 12.8. The molecule has 1 aromatic heterocycles. The monoisotopic (exact) mass is 483 g/mol. The summed E-state index contributed by atoms with van der Waals surface area (Å²) in [5.74, 6) is -0.677. The fourth-order valence-corrected chi connectivity index (χ4v) is 5.25. The molecule has 0 radical (unpaired) electrons. The summed E-state index contributed by atoms with van der Waals surface area (Å²) in [7, 11) is -2.11. The molecule has 0 saturated carbocycles. The van der Waals surface area contributed by atoms with Gasteiger partial charge in [-0.05, 0) is 61.7 Å². The van der Waals surface area contributed by atoms with E-state index in [1.165, 1.54) is 39.3 Å². The van der Waals surface area contributed by atoms with Crippen LogP contribution in [0.3, 0.4) is 0 Å². The van der Waals surface area contributed by atoms with Gasteiger partial charge in [0.2, 0.25) is 10.0 Å². The SMILES string of the molecule is COc1ccc(C)cc1-n1ccc(C(=O)NNC(=O)c2cccc(S(=O)(=O)N3CCCC3)c2)n1. The standard InChI is InChI=1S/C23H25N5O5S/c1-16-8-9-21(33-2)20(14-16)28-13-10-19(26-28)23(30)25-24-22(29)17-6-5-7-18(15-17)34(31,32)27-11-3-4-12-27/h5-10,13-15H,3-4,11-12H2,1-2H3,(H,24,29)(H,25,30). The lowest BCUT2D eigenvalue weighted by molar-refractivity contribution is 0.0843. The van der Waals surface area contributed by atoms with Gasteiger partial charge in [-0.3, -0.25) is 20.4 Å². The highest BCUT2D eigenvalue weighted by molar-refractivity contribution is 7.89. The van der Waals surface area contributed by atoms with Gasteiger partial charge < -0.3 is 4.74 Å². The third-order valence-electron chi connectivity index (χ3n) is 5.49. The Labute approximate surface area is 197 Å². The lowest BCUT2D eigenvalue weighted by Crippen LogP contribution is -2.42. The van der Waals surface area contributed by atoms with Gasteiger partial charge >= 0.3 is 0 Å². The number of sulfonamides is 1. The fraction of sp³-hybridized carbons (Fsp3) is 0.261. The first-order valence-electron chi connectivity index (χ1n) is 10.7. The van der Waals surface area contributed by atoms with Crippen molar-refractivity contribution in [3.8, 4) is 11.4 Å². The van der Waals surface area contributed by atoms with Crippen LogP contribution in [0.2, 0.25) is 0 Å². The van der Waals surface area contributed by atoms with Crippen molar-refractivity contribution < 1.29 is 22.7 Å². The normalized spacial score (nSPS) is 14.1. The number of hydrogen-bond acceptors (Lipinski definition) is 6. The van der Waals surface area contributed by atoms with Gasteiger partial charge in [0.05, 0.1) is 12.0 Å². The first kappa shape index (κ1) is 23.5. The van der Waals surface area contributed by atoms with E-state index in [0.29, 0.717) is 24.5 Å². The van der Waals surface area contributed by atoms with E-state index >= 15 is 0 Å². The average Bonchev–Trinajstić information content (AvgIpc) is 3.55. The van der Waals surface area contributed by atoms with Crippen molar-refractivity contribution in [2.24, 2.45) is 0 Å². The Balaban J connectivity index is 1.43. The van der Waals surface area contributed by atoms with Gasteiger partial charge in [-0.25, -0.2) is 13.1 Å². The summed E-state index contributed by atoms with van der Waals surface area (Å²) in [4.78, 5) is 25.1. The number of aryl methyl sites for hydroxylation is 1. The summed E-state index contributed by atoms with van der Waals surface area (Å²) in [5.41, 5.74) is 6.47. The molecule has 2 aromatic carbocycles. The first-order valence-corrected chi connectivity index (χ1v) is 12.1. The van der Waals surface area contributed by atoms with Crippen molar-refractivity contribution in [2.45, 2.75) is 24.7 Å². The van der Waals surface area contributed by atoms with Gasteiger partial charge in [0.25, 0.3) is 11.8 Å². The third kappa shape index (κ3) is 4.80. The summed E-state index contributed by atoms with van der Waals surface area (Å²) in [6.07, 6.45) is 3.25. The van der Waals surface area contributed by atoms with Crippen molar-refractivity contribution in [1.82, 2.24) is 24.9 Å². The Morgan fingerprint density at radius 2 is 1.74 bits per heavy atom. The Morgan fingerprint density at radius 1 is 1.00 bits per heavy atom. The van der Waals surface area contributed by atoms with Crippen LogP contribution in [0.25, 0.3) is 5.69 Å². The number of carbonyl (C=O) groups excluding carboxylic acids is 2. The molecule has 2 amide bonds. The van der Waals surface area contributed by atoms with Crippen LogP contribution in [0.15, 0.2) is 59.6 Å². The van der Waals surface area contributed by atoms with Crippen LogP contribution >= 0.6 is 0 Å². The molecule has 0 spiro atoms. The zero-order valence-electron chi connectivity index (χ0n) is 18.8. The van der Waals surface area contributed by atoms with E-state index in [-0.39, 0.29) is 16.2 Å². The molecule has 0 bridgehead atoms. The topological polar surface area (TPSA) is 123 Å². The van der Waals surface area contributed by atoms with E-state index in [1.54, 1.807) is 13.3 Å². The predicted octanol–water partition coefficient (Wildman–Crippen LogP) is 2.05. The molecular weight excluding hydrogens is 458 g/mol. The predicted molar refractivity (Wildman–Crippen MR) is 124 cm³/mol. The number of nitrogens with zero attached hydrogens (tertiary/aromatic N) is 3. The van der Waals surface area contributed by atoms with Crippen LogP contribution in [0.4, 0.5) is 0 Å². The van der Waals surface area contributed by atoms with Gasteiger partial charge in [-0.1, -0.05) is 12.1 Å². The first-order chi connectivity index (χ1) is 16.3. The Hall–Kier alpha value is -3.70. The summed E-state index contributed by atoms with van der Waals surface area (Å²) >= 11 is 0. The number of benzene rings is 2. The highest BCUT2D eigenvalue weighted by Gasteiger charge is 2.27. The molecule has 0 aliphatic carbocycles. The number of rotatable bonds is 6. The van der Waals surface area contributed by atoms with Gasteiger partial charge in [-0.2, -0.15) is 9.40 Å². The minimum atomic E-state index is -3.66. The van der Waals surface area contributed by atoms with Crippen LogP contribution in [0.5, 0.6) is 5.75 Å². The molecule has 4 rings (SSSR count). The second kappa shape index (κ2) is 9.65. The van der Waals surface area contributed by atoms with Gasteiger partial charge in [0.15, 0.2) is 5.69 Å². The number of methoxy groups -OCH3 is 1. The molecule has 1 aliphatic heterocycles. The molecule has 178 valence electrons. The van der Waals surface area contributed by atoms with Gasteiger partial charge in [0.1, 0.15) is 11.4 Å². The average molecular weight is 484 g/mol. The molecule has 10 nitrogen and oxygen atoms in total. The molecule has 2 N–H and O–H groups in total. The van der Waals surface area contributed by atoms with Gasteiger partial charge in [-0.15, -0.1) is 0 Å². The number of hydrazine groups is 1. The van der Waals surface area contributed by atoms with Gasteiger partial charge in [0, 0.05) is 24.8 Å². The van der Waals surface area contributed by atoms with Crippen LogP contribution in [-0.4, -0.2) is 54.5 Å². The molecular formula is C23H25N5O5S. The molecule has 3 aromatic rings. The zero-order valence-corrected chi connectivity index (χ0v) is 19.6.